The number of rotatable bonds is 5. The summed E-state index contributed by atoms with van der Waals surface area (Å²) < 4.78 is 0. The third-order valence-electron chi connectivity index (χ3n) is 3.57. The molecule has 126 valence electrons. The van der Waals surface area contributed by atoms with Gasteiger partial charge in [0.15, 0.2) is 0 Å². The van der Waals surface area contributed by atoms with E-state index in [0.29, 0.717) is 5.56 Å². The van der Waals surface area contributed by atoms with E-state index in [0.717, 1.165) is 0 Å². The van der Waals surface area contributed by atoms with Gasteiger partial charge in [-0.1, -0.05) is 37.3 Å². The molecule has 0 spiro atoms. The Labute approximate surface area is 136 Å². The molecule has 0 saturated heterocycles. The van der Waals surface area contributed by atoms with E-state index in [1.807, 2.05) is 5.32 Å². The predicted octanol–water partition coefficient (Wildman–Crippen LogP) is 2.50. The molecule has 0 aliphatic heterocycles. The fourth-order valence-corrected chi connectivity index (χ4v) is 2.41. The van der Waals surface area contributed by atoms with Crippen molar-refractivity contribution >= 4 is 23.4 Å². The van der Waals surface area contributed by atoms with E-state index in [9.17, 15) is 20.0 Å². The first-order valence-electron chi connectivity index (χ1n) is 6.99. The van der Waals surface area contributed by atoms with Gasteiger partial charge >= 0.3 is 11.8 Å². The quantitative estimate of drug-likeness (QED) is 0.485. The highest BCUT2D eigenvalue weighted by atomic mass is 16.6. The van der Waals surface area contributed by atoms with Crippen LogP contribution < -0.4 is 11.1 Å². The van der Waals surface area contributed by atoms with E-state index in [-0.39, 0.29) is 11.4 Å². The van der Waals surface area contributed by atoms with Crippen molar-refractivity contribution in [2.45, 2.75) is 18.9 Å². The lowest BCUT2D eigenvalue weighted by molar-refractivity contribution is -0.385. The van der Waals surface area contributed by atoms with Gasteiger partial charge in [-0.2, -0.15) is 0 Å². The van der Waals surface area contributed by atoms with Crippen LogP contribution in [0.5, 0.6) is 0 Å². The van der Waals surface area contributed by atoms with Gasteiger partial charge in [-0.05, 0) is 11.6 Å². The maximum absolute atomic E-state index is 11.3. The first-order chi connectivity index (χ1) is 11.3. The summed E-state index contributed by atoms with van der Waals surface area (Å²) in [6.45, 7) is 1.59. The fourth-order valence-electron chi connectivity index (χ4n) is 2.41. The van der Waals surface area contributed by atoms with Gasteiger partial charge in [-0.3, -0.25) is 15.4 Å². The Morgan fingerprint density at radius 3 is 2.54 bits per heavy atom. The van der Waals surface area contributed by atoms with Crippen molar-refractivity contribution < 1.29 is 19.9 Å². The Morgan fingerprint density at radius 2 is 2.00 bits per heavy atom. The topological polar surface area (TPSA) is 152 Å². The van der Waals surface area contributed by atoms with Crippen molar-refractivity contribution in [3.63, 3.8) is 0 Å². The summed E-state index contributed by atoms with van der Waals surface area (Å²) >= 11 is 0. The highest BCUT2D eigenvalue weighted by molar-refractivity contribution is 5.82. The molecule has 0 saturated carbocycles. The number of pyridine rings is 1. The Hall–Kier alpha value is -3.20. The Morgan fingerprint density at radius 1 is 1.38 bits per heavy atom. The van der Waals surface area contributed by atoms with E-state index in [1.54, 1.807) is 37.3 Å². The second kappa shape index (κ2) is 6.92. The Balaban J connectivity index is 2.51. The number of aliphatic hydroxyl groups excluding tert-OH is 1. The van der Waals surface area contributed by atoms with E-state index in [1.165, 1.54) is 6.07 Å². The molecule has 2 rings (SSSR count). The number of hydrogen-bond donors (Lipinski definition) is 4. The Kier molecular flexibility index (Phi) is 4.95. The van der Waals surface area contributed by atoms with E-state index in [2.05, 4.69) is 4.98 Å². The average Bonchev–Trinajstić information content (AvgIpc) is 2.52. The lowest BCUT2D eigenvalue weighted by Gasteiger charge is -2.20. The number of carbonyl (C=O) groups is 1. The number of amides is 1. The number of nitrogens with two attached hydrogens (primary N) is 1. The highest BCUT2D eigenvalue weighted by Gasteiger charge is 2.29. The lowest BCUT2D eigenvalue weighted by Crippen LogP contribution is -2.15. The van der Waals surface area contributed by atoms with Crippen molar-refractivity contribution in [1.82, 2.24) is 4.98 Å². The van der Waals surface area contributed by atoms with Crippen molar-refractivity contribution in [3.8, 4) is 0 Å². The molecule has 0 radical (unpaired) electrons. The maximum atomic E-state index is 11.3. The molecule has 0 fully saturated rings. The zero-order chi connectivity index (χ0) is 17.9. The molecular weight excluding hydrogens is 316 g/mol. The van der Waals surface area contributed by atoms with Gasteiger partial charge in [0.05, 0.1) is 11.0 Å². The zero-order valence-electron chi connectivity index (χ0n) is 12.7. The minimum absolute atomic E-state index is 0.0904. The van der Waals surface area contributed by atoms with Crippen molar-refractivity contribution in [1.29, 1.82) is 0 Å². The van der Waals surface area contributed by atoms with Crippen LogP contribution in [0.4, 0.5) is 22.1 Å². The lowest BCUT2D eigenvalue weighted by atomic mass is 9.90. The number of aromatic nitrogens is 1. The van der Waals surface area contributed by atoms with Crippen LogP contribution in [0.2, 0.25) is 0 Å². The molecule has 0 aliphatic carbocycles. The maximum Gasteiger partial charge on any atom is 0.410 e. The van der Waals surface area contributed by atoms with Crippen LogP contribution in [0.3, 0.4) is 0 Å². The number of nitrogen functional groups attached to an aromatic ring is 1. The molecule has 9 heteroatoms. The van der Waals surface area contributed by atoms with Gasteiger partial charge < -0.3 is 15.9 Å². The number of hydrogen-bond acceptors (Lipinski definition) is 6. The normalized spacial score (nSPS) is 13.1. The molecule has 1 aromatic heterocycles. The van der Waals surface area contributed by atoms with Gasteiger partial charge in [0.2, 0.25) is 5.82 Å². The summed E-state index contributed by atoms with van der Waals surface area (Å²) in [6, 6.07) is 9.83. The van der Waals surface area contributed by atoms with Crippen LogP contribution >= 0.6 is 0 Å². The third kappa shape index (κ3) is 3.58. The number of nitrogens with one attached hydrogen (secondary N) is 1. The fraction of sp³-hybridized carbons (Fsp3) is 0.200. The molecule has 2 unspecified atom stereocenters. The molecule has 5 N–H and O–H groups in total. The number of carboxylic acid groups (broad SMARTS) is 1. The summed E-state index contributed by atoms with van der Waals surface area (Å²) in [4.78, 5) is 25.0. The smallest absolute Gasteiger partial charge is 0.410 e. The second-order valence-corrected chi connectivity index (χ2v) is 5.16. The van der Waals surface area contributed by atoms with Crippen molar-refractivity contribution in [2.75, 3.05) is 11.1 Å². The monoisotopic (exact) mass is 332 g/mol. The summed E-state index contributed by atoms with van der Waals surface area (Å²) in [5.74, 6) is -1.28. The first-order valence-corrected chi connectivity index (χ1v) is 6.99. The molecule has 0 bridgehead atoms. The molecule has 2 atom stereocenters. The average molecular weight is 332 g/mol. The van der Waals surface area contributed by atoms with E-state index in [4.69, 9.17) is 10.8 Å². The first kappa shape index (κ1) is 17.2. The van der Waals surface area contributed by atoms with Crippen LogP contribution in [0.15, 0.2) is 36.4 Å². The zero-order valence-corrected chi connectivity index (χ0v) is 12.7. The highest BCUT2D eigenvalue weighted by Crippen LogP contribution is 2.39. The van der Waals surface area contributed by atoms with E-state index >= 15 is 0 Å². The largest absolute Gasteiger partial charge is 0.465 e. The molecule has 0 aliphatic rings. The molecule has 1 amide bonds. The standard InChI is InChI=1S/C15H16N4O5/c1-8(13(20)9-5-3-2-4-6-9)10-7-11(18-15(21)22)17-14(16)12(10)19(23)24/h2-8,13,20H,1H3,(H,21,22)(H3,16,17,18). The second-order valence-electron chi connectivity index (χ2n) is 5.16. The Bertz CT molecular complexity index is 766. The van der Waals surface area contributed by atoms with E-state index < -0.39 is 34.5 Å². The molecular formula is C15H16N4O5. The number of benzene rings is 1. The van der Waals surface area contributed by atoms with Crippen LogP contribution in [0.1, 0.15) is 30.1 Å². The number of aliphatic hydroxyl groups is 1. The SMILES string of the molecule is CC(c1cc(NC(=O)O)nc(N)c1[N+](=O)[O-])C(O)c1ccccc1. The minimum atomic E-state index is -1.38. The number of anilines is 2. The van der Waals surface area contributed by atoms with Gasteiger partial charge in [0, 0.05) is 11.5 Å². The van der Waals surface area contributed by atoms with Crippen molar-refractivity contribution in [2.24, 2.45) is 0 Å². The molecule has 24 heavy (non-hydrogen) atoms. The summed E-state index contributed by atoms with van der Waals surface area (Å²) in [5.41, 5.74) is 5.82. The van der Waals surface area contributed by atoms with Crippen LogP contribution in [0.25, 0.3) is 0 Å². The summed E-state index contributed by atoms with van der Waals surface area (Å²) in [7, 11) is 0. The number of nitrogens with zero attached hydrogens (tertiary/aromatic N) is 2. The summed E-state index contributed by atoms with van der Waals surface area (Å²) in [6.07, 6.45) is -2.41. The molecule has 2 aromatic rings. The van der Waals surface area contributed by atoms with Crippen molar-refractivity contribution in [3.05, 3.63) is 57.6 Å². The number of nitro groups is 1. The van der Waals surface area contributed by atoms with Gasteiger partial charge in [-0.25, -0.2) is 9.78 Å². The minimum Gasteiger partial charge on any atom is -0.465 e. The van der Waals surface area contributed by atoms with Crippen LogP contribution in [-0.2, 0) is 0 Å². The molecule has 1 heterocycles. The summed E-state index contributed by atoms with van der Waals surface area (Å²) in [5, 5.41) is 32.6. The predicted molar refractivity (Wildman–Crippen MR) is 86.8 cm³/mol. The molecule has 9 nitrogen and oxygen atoms in total. The van der Waals surface area contributed by atoms with Gasteiger partial charge in [0.1, 0.15) is 5.82 Å². The van der Waals surface area contributed by atoms with Gasteiger partial charge in [0.25, 0.3) is 0 Å². The van der Waals surface area contributed by atoms with Crippen LogP contribution in [0, 0.1) is 10.1 Å². The van der Waals surface area contributed by atoms with Crippen LogP contribution in [-0.4, -0.2) is 26.2 Å². The van der Waals surface area contributed by atoms with Gasteiger partial charge in [-0.15, -0.1) is 0 Å². The molecule has 1 aromatic carbocycles. The third-order valence-corrected chi connectivity index (χ3v) is 3.57.